The number of carbonyl (C=O) groups excluding carboxylic acids is 2. The third-order valence-electron chi connectivity index (χ3n) is 4.55. The summed E-state index contributed by atoms with van der Waals surface area (Å²) in [5.74, 6) is -5.19. The fourth-order valence-electron chi connectivity index (χ4n) is 2.86. The third kappa shape index (κ3) is 5.04. The van der Waals surface area contributed by atoms with Crippen molar-refractivity contribution in [3.8, 4) is 5.75 Å². The average Bonchev–Trinajstić information content (AvgIpc) is 2.81. The maximum atomic E-state index is 14.4. The van der Waals surface area contributed by atoms with Crippen molar-refractivity contribution in [2.24, 2.45) is 0 Å². The summed E-state index contributed by atoms with van der Waals surface area (Å²) in [5, 5.41) is -0.802. The molecule has 1 aromatic heterocycles. The first-order chi connectivity index (χ1) is 15.8. The highest BCUT2D eigenvalue weighted by atomic mass is 35.5. The third-order valence-corrected chi connectivity index (χ3v) is 4.90. The van der Waals surface area contributed by atoms with Crippen LogP contribution in [0.15, 0.2) is 57.9 Å². The van der Waals surface area contributed by atoms with Gasteiger partial charge in [-0.3, -0.25) is 9.59 Å². The van der Waals surface area contributed by atoms with E-state index < -0.39 is 51.0 Å². The number of ether oxygens (including phenoxy) is 2. The van der Waals surface area contributed by atoms with Crippen LogP contribution in [0.1, 0.15) is 33.4 Å². The van der Waals surface area contributed by atoms with Crippen molar-refractivity contribution in [3.63, 3.8) is 0 Å². The molecule has 0 aliphatic carbocycles. The highest BCUT2D eigenvalue weighted by molar-refractivity contribution is 6.31. The molecule has 0 saturated carbocycles. The number of rotatable bonds is 7. The number of carbonyl (C=O) groups is 2. The number of halogens is 3. The van der Waals surface area contributed by atoms with Crippen molar-refractivity contribution in [2.45, 2.75) is 13.5 Å². The van der Waals surface area contributed by atoms with Crippen molar-refractivity contribution in [2.75, 3.05) is 18.6 Å². The van der Waals surface area contributed by atoms with Crippen LogP contribution in [-0.4, -0.2) is 25.5 Å². The van der Waals surface area contributed by atoms with Gasteiger partial charge in [0.25, 0.3) is 11.7 Å². The molecule has 0 bridgehead atoms. The number of hydrogen-bond acceptors (Lipinski definition) is 6. The van der Waals surface area contributed by atoms with Crippen molar-refractivity contribution >= 4 is 29.2 Å². The van der Waals surface area contributed by atoms with Gasteiger partial charge in [-0.05, 0) is 24.6 Å². The molecule has 3 aromatic rings. The van der Waals surface area contributed by atoms with Crippen LogP contribution >= 0.6 is 11.6 Å². The van der Waals surface area contributed by atoms with Gasteiger partial charge in [-0.1, -0.05) is 41.9 Å². The second-order valence-corrected chi connectivity index (χ2v) is 7.07. The van der Waals surface area contributed by atoms with Crippen LogP contribution in [0.4, 0.5) is 14.5 Å². The Morgan fingerprint density at radius 3 is 2.48 bits per heavy atom. The van der Waals surface area contributed by atoms with E-state index in [-0.39, 0.29) is 18.9 Å². The molecule has 33 heavy (non-hydrogen) atoms. The number of esters is 1. The predicted octanol–water partition coefficient (Wildman–Crippen LogP) is 4.60. The van der Waals surface area contributed by atoms with E-state index in [9.17, 15) is 23.2 Å². The highest BCUT2D eigenvalue weighted by Crippen LogP contribution is 2.28. The van der Waals surface area contributed by atoms with E-state index in [0.717, 1.165) is 30.3 Å². The Kier molecular flexibility index (Phi) is 7.44. The fourth-order valence-corrected chi connectivity index (χ4v) is 3.02. The van der Waals surface area contributed by atoms with Crippen LogP contribution in [0.5, 0.6) is 5.75 Å². The Bertz CT molecular complexity index is 1250. The number of hydrogen-bond donors (Lipinski definition) is 0. The Balaban J connectivity index is 2.01. The molecular weight excluding hydrogens is 460 g/mol. The van der Waals surface area contributed by atoms with Gasteiger partial charge in [0.2, 0.25) is 11.2 Å². The first-order valence-corrected chi connectivity index (χ1v) is 10.0. The minimum atomic E-state index is -1.18. The minimum absolute atomic E-state index is 0.00862. The Morgan fingerprint density at radius 1 is 1.12 bits per heavy atom. The molecule has 0 fully saturated rings. The molecule has 1 heterocycles. The van der Waals surface area contributed by atoms with Crippen molar-refractivity contribution < 1.29 is 32.3 Å². The van der Waals surface area contributed by atoms with Crippen LogP contribution in [0.25, 0.3) is 0 Å². The Hall–Kier alpha value is -3.72. The molecule has 7 nitrogen and oxygen atoms in total. The monoisotopic (exact) mass is 477 g/mol. The molecule has 0 aliphatic heterocycles. The molecule has 0 spiro atoms. The Labute approximate surface area is 192 Å². The second-order valence-electron chi connectivity index (χ2n) is 6.69. The highest BCUT2D eigenvalue weighted by Gasteiger charge is 2.28. The van der Waals surface area contributed by atoms with Gasteiger partial charge in [0.1, 0.15) is 29.3 Å². The van der Waals surface area contributed by atoms with Gasteiger partial charge in [0.05, 0.1) is 12.3 Å². The van der Waals surface area contributed by atoms with Gasteiger partial charge in [0, 0.05) is 7.05 Å². The first kappa shape index (κ1) is 23.9. The molecule has 0 atom stereocenters. The second kappa shape index (κ2) is 10.3. The van der Waals surface area contributed by atoms with Gasteiger partial charge in [0.15, 0.2) is 5.82 Å². The van der Waals surface area contributed by atoms with Gasteiger partial charge < -0.3 is 18.8 Å². The predicted molar refractivity (Wildman–Crippen MR) is 116 cm³/mol. The van der Waals surface area contributed by atoms with Crippen LogP contribution in [0.2, 0.25) is 5.02 Å². The molecule has 172 valence electrons. The number of amides is 1. The smallest absolute Gasteiger partial charge is 0.378 e. The lowest BCUT2D eigenvalue weighted by Gasteiger charge is -2.19. The van der Waals surface area contributed by atoms with E-state index in [1.54, 1.807) is 37.3 Å². The fraction of sp³-hybridized carbons (Fsp3) is 0.174. The maximum Gasteiger partial charge on any atom is 0.378 e. The molecule has 0 saturated heterocycles. The molecule has 0 unspecified atom stereocenters. The normalized spacial score (nSPS) is 10.6. The molecule has 2 aromatic carbocycles. The summed E-state index contributed by atoms with van der Waals surface area (Å²) in [6.07, 6.45) is 0.756. The zero-order chi connectivity index (χ0) is 24.1. The van der Waals surface area contributed by atoms with Gasteiger partial charge in [-0.2, -0.15) is 0 Å². The zero-order valence-corrected chi connectivity index (χ0v) is 18.3. The molecular formula is C23H18ClF2NO6. The van der Waals surface area contributed by atoms with E-state index in [2.05, 4.69) is 0 Å². The van der Waals surface area contributed by atoms with Gasteiger partial charge in [-0.15, -0.1) is 0 Å². The summed E-state index contributed by atoms with van der Waals surface area (Å²) in [6.45, 7) is 1.47. The topological polar surface area (TPSA) is 86.0 Å². The molecule has 0 N–H and O–H groups in total. The molecule has 3 rings (SSSR count). The SMILES string of the molecule is CCOC(=O)c1occ(C(=O)N(C)c2ccc(F)c(Cl)c2F)c(=O)c1OCc1ccccc1. The van der Waals surface area contributed by atoms with Crippen molar-refractivity contribution in [1.29, 1.82) is 0 Å². The zero-order valence-electron chi connectivity index (χ0n) is 17.6. The minimum Gasteiger partial charge on any atom is -0.481 e. The number of benzene rings is 2. The molecule has 1 amide bonds. The number of anilines is 1. The summed E-state index contributed by atoms with van der Waals surface area (Å²) >= 11 is 5.58. The summed E-state index contributed by atoms with van der Waals surface area (Å²) in [6, 6.07) is 10.6. The quantitative estimate of drug-likeness (QED) is 0.365. The van der Waals surface area contributed by atoms with E-state index in [1.165, 1.54) is 0 Å². The van der Waals surface area contributed by atoms with Gasteiger partial charge in [-0.25, -0.2) is 13.6 Å². The van der Waals surface area contributed by atoms with E-state index in [4.69, 9.17) is 25.5 Å². The summed E-state index contributed by atoms with van der Waals surface area (Å²) < 4.78 is 43.5. The largest absolute Gasteiger partial charge is 0.481 e. The van der Waals surface area contributed by atoms with Crippen LogP contribution in [-0.2, 0) is 11.3 Å². The van der Waals surface area contributed by atoms with E-state index in [1.807, 2.05) is 0 Å². The van der Waals surface area contributed by atoms with E-state index in [0.29, 0.717) is 5.56 Å². The number of nitrogens with zero attached hydrogens (tertiary/aromatic N) is 1. The lowest BCUT2D eigenvalue weighted by Crippen LogP contribution is -2.32. The van der Waals surface area contributed by atoms with Crippen LogP contribution in [0, 0.1) is 11.6 Å². The van der Waals surface area contributed by atoms with Crippen LogP contribution in [0.3, 0.4) is 0 Å². The summed E-state index contributed by atoms with van der Waals surface area (Å²) in [4.78, 5) is 39.0. The first-order valence-electron chi connectivity index (χ1n) is 9.67. The summed E-state index contributed by atoms with van der Waals surface area (Å²) in [7, 11) is 1.16. The van der Waals surface area contributed by atoms with Crippen LogP contribution < -0.4 is 15.1 Å². The molecule has 10 heteroatoms. The lowest BCUT2D eigenvalue weighted by molar-refractivity contribution is 0.0477. The van der Waals surface area contributed by atoms with Crippen molar-refractivity contribution in [3.05, 3.63) is 92.5 Å². The van der Waals surface area contributed by atoms with Gasteiger partial charge >= 0.3 is 5.97 Å². The average molecular weight is 478 g/mol. The van der Waals surface area contributed by atoms with E-state index >= 15 is 0 Å². The Morgan fingerprint density at radius 2 is 1.82 bits per heavy atom. The summed E-state index contributed by atoms with van der Waals surface area (Å²) in [5.41, 5.74) is -1.20. The molecule has 0 aliphatic rings. The standard InChI is InChI=1S/C23H18ClF2NO6/c1-3-31-23(30)21-20(32-11-13-7-5-4-6-8-13)19(28)14(12-33-21)22(29)27(2)16-10-9-15(25)17(24)18(16)26/h4-10,12H,3,11H2,1-2H3. The molecule has 0 radical (unpaired) electrons. The lowest BCUT2D eigenvalue weighted by atomic mass is 10.2. The van der Waals surface area contributed by atoms with Crippen molar-refractivity contribution in [1.82, 2.24) is 0 Å². The maximum absolute atomic E-state index is 14.4.